The van der Waals surface area contributed by atoms with Gasteiger partial charge in [0.05, 0.1) is 11.0 Å². The third-order valence-corrected chi connectivity index (χ3v) is 12.4. The lowest BCUT2D eigenvalue weighted by molar-refractivity contribution is 0.670. The molecule has 0 aliphatic heterocycles. The first kappa shape index (κ1) is 34.5. The highest BCUT2D eigenvalue weighted by atomic mass is 16.3. The molecular weight excluding hydrogens is 757 g/mol. The third kappa shape index (κ3) is 5.38. The first-order valence-corrected chi connectivity index (χ1v) is 20.9. The normalized spacial score (nSPS) is 11.9. The van der Waals surface area contributed by atoms with Crippen molar-refractivity contribution in [1.29, 1.82) is 0 Å². The Balaban J connectivity index is 1.11. The van der Waals surface area contributed by atoms with Gasteiger partial charge in [0.2, 0.25) is 5.95 Å². The number of furan rings is 1. The summed E-state index contributed by atoms with van der Waals surface area (Å²) in [5, 5.41) is 11.4. The van der Waals surface area contributed by atoms with Crippen LogP contribution in [-0.4, -0.2) is 19.5 Å². The van der Waals surface area contributed by atoms with Gasteiger partial charge in [-0.2, -0.15) is 9.97 Å². The van der Waals surface area contributed by atoms with Crippen molar-refractivity contribution < 1.29 is 4.42 Å². The SMILES string of the molecule is c1ccc(-c2ccc(-c3nc(-c4ccc5ccccc5c4)nc(-n4c5cc6ccccc6cc5c5cccc(-c6cccc7c6oc6ccc8ccccc8c67)c54)n3)cc2)cc1. The van der Waals surface area contributed by atoms with Crippen LogP contribution in [0.15, 0.2) is 211 Å². The second-order valence-electron chi connectivity index (χ2n) is 16.0. The van der Waals surface area contributed by atoms with E-state index in [-0.39, 0.29) is 0 Å². The predicted octanol–water partition coefficient (Wildman–Crippen LogP) is 15.0. The number of para-hydroxylation sites is 2. The van der Waals surface area contributed by atoms with Gasteiger partial charge in [-0.3, -0.25) is 4.57 Å². The van der Waals surface area contributed by atoms with Gasteiger partial charge in [0, 0.05) is 43.8 Å². The summed E-state index contributed by atoms with van der Waals surface area (Å²) in [6, 6.07) is 72.7. The molecular formula is C57H34N4O. The van der Waals surface area contributed by atoms with Crippen molar-refractivity contribution in [1.82, 2.24) is 19.5 Å². The number of aromatic nitrogens is 4. The van der Waals surface area contributed by atoms with Gasteiger partial charge in [-0.15, -0.1) is 0 Å². The van der Waals surface area contributed by atoms with E-state index in [2.05, 4.69) is 205 Å². The van der Waals surface area contributed by atoms with E-state index in [4.69, 9.17) is 19.4 Å². The molecule has 0 unspecified atom stereocenters. The number of benzene rings is 10. The zero-order valence-electron chi connectivity index (χ0n) is 33.3. The molecule has 0 spiro atoms. The quantitative estimate of drug-likeness (QED) is 0.174. The van der Waals surface area contributed by atoms with Crippen LogP contribution in [0.3, 0.4) is 0 Å². The van der Waals surface area contributed by atoms with Gasteiger partial charge in [-0.25, -0.2) is 4.98 Å². The molecule has 0 saturated carbocycles. The van der Waals surface area contributed by atoms with Crippen molar-refractivity contribution in [3.8, 4) is 51.0 Å². The Morgan fingerprint density at radius 3 is 1.74 bits per heavy atom. The first-order chi connectivity index (χ1) is 30.7. The Hall–Kier alpha value is -8.41. The van der Waals surface area contributed by atoms with Gasteiger partial charge in [-0.05, 0) is 67.7 Å². The van der Waals surface area contributed by atoms with Crippen LogP contribution >= 0.6 is 0 Å². The molecule has 0 saturated heterocycles. The second-order valence-corrected chi connectivity index (χ2v) is 16.0. The van der Waals surface area contributed by atoms with Gasteiger partial charge >= 0.3 is 0 Å². The summed E-state index contributed by atoms with van der Waals surface area (Å²) in [7, 11) is 0. The fourth-order valence-corrected chi connectivity index (χ4v) is 9.45. The molecule has 0 bridgehead atoms. The Morgan fingerprint density at radius 1 is 0.355 bits per heavy atom. The monoisotopic (exact) mass is 790 g/mol. The summed E-state index contributed by atoms with van der Waals surface area (Å²) < 4.78 is 9.11. The summed E-state index contributed by atoms with van der Waals surface area (Å²) in [4.78, 5) is 16.0. The molecule has 10 aromatic carbocycles. The molecule has 5 nitrogen and oxygen atoms in total. The molecule has 3 heterocycles. The van der Waals surface area contributed by atoms with E-state index in [1.807, 2.05) is 6.07 Å². The Kier molecular flexibility index (Phi) is 7.54. The van der Waals surface area contributed by atoms with Crippen LogP contribution in [0.4, 0.5) is 0 Å². The molecule has 0 atom stereocenters. The number of fused-ring (bicyclic) bond motifs is 10. The molecule has 0 radical (unpaired) electrons. The van der Waals surface area contributed by atoms with Gasteiger partial charge < -0.3 is 4.42 Å². The number of hydrogen-bond acceptors (Lipinski definition) is 4. The maximum Gasteiger partial charge on any atom is 0.238 e. The predicted molar refractivity (Wildman–Crippen MR) is 256 cm³/mol. The topological polar surface area (TPSA) is 56.7 Å². The van der Waals surface area contributed by atoms with E-state index < -0.39 is 0 Å². The van der Waals surface area contributed by atoms with Crippen molar-refractivity contribution in [2.24, 2.45) is 0 Å². The minimum Gasteiger partial charge on any atom is -0.455 e. The smallest absolute Gasteiger partial charge is 0.238 e. The summed E-state index contributed by atoms with van der Waals surface area (Å²) in [6.07, 6.45) is 0. The molecule has 62 heavy (non-hydrogen) atoms. The fraction of sp³-hybridized carbons (Fsp3) is 0. The van der Waals surface area contributed by atoms with E-state index in [1.165, 1.54) is 16.2 Å². The maximum atomic E-state index is 6.86. The first-order valence-electron chi connectivity index (χ1n) is 20.9. The van der Waals surface area contributed by atoms with Crippen LogP contribution in [-0.2, 0) is 0 Å². The van der Waals surface area contributed by atoms with E-state index >= 15 is 0 Å². The van der Waals surface area contributed by atoms with Crippen molar-refractivity contribution in [3.63, 3.8) is 0 Å². The van der Waals surface area contributed by atoms with E-state index in [9.17, 15) is 0 Å². The Morgan fingerprint density at radius 2 is 0.935 bits per heavy atom. The lowest BCUT2D eigenvalue weighted by atomic mass is 9.98. The highest BCUT2D eigenvalue weighted by molar-refractivity contribution is 6.23. The zero-order valence-corrected chi connectivity index (χ0v) is 33.3. The van der Waals surface area contributed by atoms with Crippen molar-refractivity contribution in [2.45, 2.75) is 0 Å². The van der Waals surface area contributed by atoms with Crippen molar-refractivity contribution in [2.75, 3.05) is 0 Å². The lowest BCUT2D eigenvalue weighted by Gasteiger charge is -2.14. The molecule has 288 valence electrons. The van der Waals surface area contributed by atoms with Gasteiger partial charge in [-0.1, -0.05) is 182 Å². The Bertz CT molecular complexity index is 3920. The summed E-state index contributed by atoms with van der Waals surface area (Å²) in [5.74, 6) is 1.73. The third-order valence-electron chi connectivity index (χ3n) is 12.4. The zero-order chi connectivity index (χ0) is 40.7. The minimum atomic E-state index is 0.538. The van der Waals surface area contributed by atoms with Crippen LogP contribution in [0, 0.1) is 0 Å². The molecule has 0 amide bonds. The second kappa shape index (κ2) is 13.6. The van der Waals surface area contributed by atoms with Crippen LogP contribution < -0.4 is 0 Å². The average Bonchev–Trinajstić information content (AvgIpc) is 3.89. The summed E-state index contributed by atoms with van der Waals surface area (Å²) in [6.45, 7) is 0. The van der Waals surface area contributed by atoms with Crippen LogP contribution in [0.25, 0.3) is 127 Å². The summed E-state index contributed by atoms with van der Waals surface area (Å²) in [5.41, 5.74) is 9.86. The highest BCUT2D eigenvalue weighted by Crippen LogP contribution is 2.44. The number of hydrogen-bond donors (Lipinski definition) is 0. The molecule has 3 aromatic heterocycles. The lowest BCUT2D eigenvalue weighted by Crippen LogP contribution is -2.07. The molecule has 13 aromatic rings. The van der Waals surface area contributed by atoms with Crippen LogP contribution in [0.2, 0.25) is 0 Å². The molecule has 0 N–H and O–H groups in total. The highest BCUT2D eigenvalue weighted by Gasteiger charge is 2.23. The molecule has 0 aliphatic rings. The van der Waals surface area contributed by atoms with Gasteiger partial charge in [0.1, 0.15) is 11.2 Å². The minimum absolute atomic E-state index is 0.538. The number of rotatable bonds is 5. The average molecular weight is 791 g/mol. The van der Waals surface area contributed by atoms with Gasteiger partial charge in [0.15, 0.2) is 11.6 Å². The Labute approximate surface area is 355 Å². The van der Waals surface area contributed by atoms with Crippen LogP contribution in [0.1, 0.15) is 0 Å². The molecule has 0 fully saturated rings. The van der Waals surface area contributed by atoms with E-state index in [0.717, 1.165) is 93.3 Å². The van der Waals surface area contributed by atoms with E-state index in [1.54, 1.807) is 0 Å². The molecule has 13 rings (SSSR count). The standard InChI is InChI=1S/C57H34N4O/c1-2-12-35(13-3-1)37-24-27-39(28-25-37)55-58-56(43-29-26-36-14-4-5-16-40(36)32-43)60-57(59-55)61-50-34-42-18-7-6-17-41(42)33-49(50)46-21-10-20-45(53(46)61)47-22-11-23-48-52-44-19-9-8-15-38(44)30-31-51(52)62-54(47)48/h1-34H. The van der Waals surface area contributed by atoms with Crippen molar-refractivity contribution in [3.05, 3.63) is 206 Å². The maximum absolute atomic E-state index is 6.86. The number of nitrogens with zero attached hydrogens (tertiary/aromatic N) is 4. The van der Waals surface area contributed by atoms with E-state index in [0.29, 0.717) is 17.6 Å². The molecule has 0 aliphatic carbocycles. The van der Waals surface area contributed by atoms with Gasteiger partial charge in [0.25, 0.3) is 0 Å². The van der Waals surface area contributed by atoms with Crippen LogP contribution in [0.5, 0.6) is 0 Å². The summed E-state index contributed by atoms with van der Waals surface area (Å²) >= 11 is 0. The fourth-order valence-electron chi connectivity index (χ4n) is 9.45. The van der Waals surface area contributed by atoms with Crippen molar-refractivity contribution >= 4 is 76.1 Å². The molecule has 5 heteroatoms. The largest absolute Gasteiger partial charge is 0.455 e.